The molecule has 5 aromatic rings. The normalized spacial score (nSPS) is 23.3. The summed E-state index contributed by atoms with van der Waals surface area (Å²) >= 11 is 12.1. The van der Waals surface area contributed by atoms with Crippen LogP contribution in [0.15, 0.2) is 143 Å². The Hall–Kier alpha value is -4.08. The number of hydrogen-bond donors (Lipinski definition) is 0. The molecule has 0 aromatic heterocycles. The van der Waals surface area contributed by atoms with Gasteiger partial charge in [0.2, 0.25) is 0 Å². The summed E-state index contributed by atoms with van der Waals surface area (Å²) in [6.07, 6.45) is 0. The smallest absolute Gasteiger partial charge is 0.182 e. The molecule has 48 heavy (non-hydrogen) atoms. The number of ketones is 2. The topological polar surface area (TPSA) is 102 Å². The van der Waals surface area contributed by atoms with Crippen LogP contribution in [0.5, 0.6) is 0 Å². The minimum Gasteiger partial charge on any atom is -0.294 e. The zero-order valence-corrected chi connectivity index (χ0v) is 28.3. The molecule has 0 saturated heterocycles. The number of carbonyl (C=O) groups is 2. The van der Waals surface area contributed by atoms with Gasteiger partial charge in [-0.2, -0.15) is 0 Å². The standard InChI is InChI=1S/C38H28Cl2O6S2/c39-27-14-18-29(19-15-27)47(43,44)37-31(33(37)35(41)23-8-3-1-4-9-23)25-12-7-13-26(22-25)32-34(36(42)24-10-5-2-6-11-24)38(32)48(45,46)30-20-16-28(40)17-21-30/h1-22,31-34,37-38H. The molecule has 0 radical (unpaired) electrons. The second-order valence-corrected chi connectivity index (χ2v) is 17.2. The Balaban J connectivity index is 1.28. The predicted molar refractivity (Wildman–Crippen MR) is 185 cm³/mol. The molecule has 5 aromatic carbocycles. The van der Waals surface area contributed by atoms with Crippen molar-refractivity contribution in [3.8, 4) is 0 Å². The summed E-state index contributed by atoms with van der Waals surface area (Å²) < 4.78 is 56.0. The molecule has 2 fully saturated rings. The first kappa shape index (κ1) is 32.5. The molecule has 7 rings (SSSR count). The Labute approximate surface area is 289 Å². The molecule has 10 heteroatoms. The summed E-state index contributed by atoms with van der Waals surface area (Å²) in [6, 6.07) is 35.9. The van der Waals surface area contributed by atoms with Gasteiger partial charge in [-0.05, 0) is 59.7 Å². The van der Waals surface area contributed by atoms with E-state index in [-0.39, 0.29) is 21.4 Å². The minimum atomic E-state index is -3.97. The zero-order chi connectivity index (χ0) is 33.8. The number of benzene rings is 5. The first-order valence-electron chi connectivity index (χ1n) is 15.3. The van der Waals surface area contributed by atoms with Crippen molar-refractivity contribution in [3.05, 3.63) is 166 Å². The minimum absolute atomic E-state index is 0.0613. The molecular weight excluding hydrogens is 687 g/mol. The van der Waals surface area contributed by atoms with Crippen LogP contribution in [0.1, 0.15) is 43.7 Å². The van der Waals surface area contributed by atoms with Crippen LogP contribution in [-0.2, 0) is 19.7 Å². The molecule has 6 nitrogen and oxygen atoms in total. The van der Waals surface area contributed by atoms with Gasteiger partial charge >= 0.3 is 0 Å². The van der Waals surface area contributed by atoms with Gasteiger partial charge in [-0.1, -0.05) is 108 Å². The number of carbonyl (C=O) groups excluding carboxylic acids is 2. The fourth-order valence-corrected chi connectivity index (χ4v) is 11.4. The largest absolute Gasteiger partial charge is 0.294 e. The summed E-state index contributed by atoms with van der Waals surface area (Å²) in [5, 5.41) is -1.32. The average Bonchev–Trinajstić information content (AvgIpc) is 4.02. The van der Waals surface area contributed by atoms with Crippen LogP contribution in [0.3, 0.4) is 0 Å². The van der Waals surface area contributed by atoms with E-state index in [9.17, 15) is 26.4 Å². The van der Waals surface area contributed by atoms with Gasteiger partial charge in [0.05, 0.1) is 20.3 Å². The van der Waals surface area contributed by atoms with Crippen LogP contribution in [-0.4, -0.2) is 38.9 Å². The third kappa shape index (κ3) is 5.81. The molecule has 0 spiro atoms. The van der Waals surface area contributed by atoms with Crippen molar-refractivity contribution in [1.29, 1.82) is 0 Å². The quantitative estimate of drug-likeness (QED) is 0.137. The first-order chi connectivity index (χ1) is 23.0. The van der Waals surface area contributed by atoms with E-state index < -0.39 is 53.8 Å². The maximum atomic E-state index is 14.0. The van der Waals surface area contributed by atoms with Gasteiger partial charge in [0.25, 0.3) is 0 Å². The molecule has 0 bridgehead atoms. The Bertz CT molecular complexity index is 2080. The molecule has 242 valence electrons. The number of sulfone groups is 2. The molecular formula is C38H28Cl2O6S2. The van der Waals surface area contributed by atoms with Crippen LogP contribution >= 0.6 is 23.2 Å². The van der Waals surface area contributed by atoms with Gasteiger partial charge in [-0.25, -0.2) is 16.8 Å². The molecule has 0 aliphatic heterocycles. The first-order valence-corrected chi connectivity index (χ1v) is 19.1. The highest BCUT2D eigenvalue weighted by Crippen LogP contribution is 2.58. The summed E-state index contributed by atoms with van der Waals surface area (Å²) in [5.41, 5.74) is 1.99. The fraction of sp³-hybridized carbons (Fsp3) is 0.158. The molecule has 0 heterocycles. The van der Waals surface area contributed by atoms with Gasteiger partial charge < -0.3 is 0 Å². The fourth-order valence-electron chi connectivity index (χ4n) is 6.88. The molecule has 0 N–H and O–H groups in total. The van der Waals surface area contributed by atoms with Crippen molar-refractivity contribution in [3.63, 3.8) is 0 Å². The van der Waals surface area contributed by atoms with Crippen LogP contribution in [0.2, 0.25) is 10.0 Å². The molecule has 0 amide bonds. The lowest BCUT2D eigenvalue weighted by atomic mass is 9.98. The van der Waals surface area contributed by atoms with Crippen molar-refractivity contribution >= 4 is 54.4 Å². The van der Waals surface area contributed by atoms with Crippen LogP contribution < -0.4 is 0 Å². The Kier molecular flexibility index (Phi) is 8.40. The summed E-state index contributed by atoms with van der Waals surface area (Å²) in [5.74, 6) is -3.69. The van der Waals surface area contributed by atoms with E-state index in [2.05, 4.69) is 0 Å². The van der Waals surface area contributed by atoms with E-state index in [0.29, 0.717) is 32.3 Å². The van der Waals surface area contributed by atoms with E-state index in [1.54, 1.807) is 84.9 Å². The van der Waals surface area contributed by atoms with Crippen molar-refractivity contribution in [2.24, 2.45) is 11.8 Å². The van der Waals surface area contributed by atoms with E-state index in [1.165, 1.54) is 48.5 Å². The second-order valence-electron chi connectivity index (χ2n) is 12.2. The van der Waals surface area contributed by atoms with E-state index in [4.69, 9.17) is 23.2 Å². The highest BCUT2D eigenvalue weighted by atomic mass is 35.5. The third-order valence-electron chi connectivity index (χ3n) is 9.31. The van der Waals surface area contributed by atoms with Crippen molar-refractivity contribution in [1.82, 2.24) is 0 Å². The lowest BCUT2D eigenvalue weighted by Crippen LogP contribution is -2.14. The lowest BCUT2D eigenvalue weighted by Gasteiger charge is -2.07. The summed E-state index contributed by atoms with van der Waals surface area (Å²) in [6.45, 7) is 0. The van der Waals surface area contributed by atoms with Crippen molar-refractivity contribution in [2.45, 2.75) is 32.1 Å². The van der Waals surface area contributed by atoms with E-state index >= 15 is 0 Å². The van der Waals surface area contributed by atoms with Crippen LogP contribution in [0.4, 0.5) is 0 Å². The molecule has 6 atom stereocenters. The van der Waals surface area contributed by atoms with Gasteiger partial charge in [0.1, 0.15) is 0 Å². The number of hydrogen-bond acceptors (Lipinski definition) is 6. The predicted octanol–water partition coefficient (Wildman–Crippen LogP) is 7.87. The summed E-state index contributed by atoms with van der Waals surface area (Å²) in [4.78, 5) is 27.7. The molecule has 2 aliphatic rings. The number of rotatable bonds is 10. The van der Waals surface area contributed by atoms with Crippen molar-refractivity contribution in [2.75, 3.05) is 0 Å². The van der Waals surface area contributed by atoms with E-state index in [1.807, 2.05) is 0 Å². The van der Waals surface area contributed by atoms with Gasteiger partial charge in [0.15, 0.2) is 31.2 Å². The average molecular weight is 716 g/mol. The highest BCUT2D eigenvalue weighted by molar-refractivity contribution is 7.92. The molecule has 2 saturated carbocycles. The maximum Gasteiger partial charge on any atom is 0.182 e. The Morgan fingerprint density at radius 3 is 1.17 bits per heavy atom. The van der Waals surface area contributed by atoms with Crippen molar-refractivity contribution < 1.29 is 26.4 Å². The zero-order valence-electron chi connectivity index (χ0n) is 25.2. The van der Waals surface area contributed by atoms with Crippen LogP contribution in [0.25, 0.3) is 0 Å². The van der Waals surface area contributed by atoms with Gasteiger partial charge in [-0.3, -0.25) is 9.59 Å². The molecule has 2 aliphatic carbocycles. The van der Waals surface area contributed by atoms with E-state index in [0.717, 1.165) is 0 Å². The highest BCUT2D eigenvalue weighted by Gasteiger charge is 2.64. The van der Waals surface area contributed by atoms with Crippen LogP contribution in [0, 0.1) is 11.8 Å². The number of halogens is 2. The number of Topliss-reactive ketones (excluding diaryl/α,β-unsaturated/α-hetero) is 2. The maximum absolute atomic E-state index is 14.0. The monoisotopic (exact) mass is 714 g/mol. The van der Waals surface area contributed by atoms with Gasteiger partial charge in [-0.15, -0.1) is 0 Å². The Morgan fingerprint density at radius 2 is 0.812 bits per heavy atom. The van der Waals surface area contributed by atoms with Gasteiger partial charge in [0, 0.05) is 44.8 Å². The molecule has 6 unspecified atom stereocenters. The third-order valence-corrected chi connectivity index (χ3v) is 14.3. The Morgan fingerprint density at radius 1 is 0.458 bits per heavy atom. The SMILES string of the molecule is O=C(c1ccccc1)C1C(c2cccc(C3C(C(=O)c4ccccc4)C3S(=O)(=O)c3ccc(Cl)cc3)c2)C1S(=O)(=O)c1ccc(Cl)cc1. The second kappa shape index (κ2) is 12.4. The summed E-state index contributed by atoms with van der Waals surface area (Å²) in [7, 11) is -7.95. The lowest BCUT2D eigenvalue weighted by molar-refractivity contribution is 0.0958.